The van der Waals surface area contributed by atoms with Crippen molar-refractivity contribution in [2.24, 2.45) is 0 Å². The van der Waals surface area contributed by atoms with Crippen molar-refractivity contribution in [3.8, 4) is 0 Å². The van der Waals surface area contributed by atoms with Gasteiger partial charge >= 0.3 is 0 Å². The quantitative estimate of drug-likeness (QED) is 0.642. The van der Waals surface area contributed by atoms with Crippen LogP contribution in [0.5, 0.6) is 0 Å². The van der Waals surface area contributed by atoms with Crippen LogP contribution in [0.4, 0.5) is 0 Å². The topological polar surface area (TPSA) is 0 Å². The second-order valence-electron chi connectivity index (χ2n) is 3.53. The van der Waals surface area contributed by atoms with E-state index in [1.165, 1.54) is 23.7 Å². The lowest BCUT2D eigenvalue weighted by molar-refractivity contribution is 0.730. The van der Waals surface area contributed by atoms with Gasteiger partial charge in [0.05, 0.1) is 0 Å². The Morgan fingerprint density at radius 2 is 2.00 bits per heavy atom. The molecule has 1 heteroatoms. The van der Waals surface area contributed by atoms with Crippen LogP contribution >= 0.6 is 9.24 Å². The Morgan fingerprint density at radius 3 is 2.62 bits per heavy atom. The molecule has 13 heavy (non-hydrogen) atoms. The molecule has 0 aliphatic carbocycles. The molecule has 0 radical (unpaired) electrons. The lowest BCUT2D eigenvalue weighted by atomic mass is 9.93. The van der Waals surface area contributed by atoms with Gasteiger partial charge in [-0.1, -0.05) is 38.1 Å². The Hall–Kier alpha value is -0.350. The minimum Gasteiger partial charge on any atom is -0.138 e. The molecule has 0 saturated heterocycles. The Labute approximate surface area is 84.0 Å². The van der Waals surface area contributed by atoms with Crippen molar-refractivity contribution in [1.82, 2.24) is 0 Å². The zero-order valence-corrected chi connectivity index (χ0v) is 9.74. The molecule has 1 aromatic carbocycles. The van der Waals surface area contributed by atoms with Gasteiger partial charge in [-0.2, -0.15) is 0 Å². The lowest BCUT2D eigenvalue weighted by Gasteiger charge is -2.14. The number of hydrogen-bond donors (Lipinski definition) is 0. The van der Waals surface area contributed by atoms with Crippen LogP contribution in [0.3, 0.4) is 0 Å². The van der Waals surface area contributed by atoms with E-state index in [4.69, 9.17) is 0 Å². The third-order valence-electron chi connectivity index (χ3n) is 2.57. The van der Waals surface area contributed by atoms with Gasteiger partial charge in [0.15, 0.2) is 0 Å². The molecule has 0 saturated carbocycles. The molecule has 0 amide bonds. The van der Waals surface area contributed by atoms with Gasteiger partial charge in [0.1, 0.15) is 0 Å². The summed E-state index contributed by atoms with van der Waals surface area (Å²) < 4.78 is 0. The van der Waals surface area contributed by atoms with E-state index in [1.54, 1.807) is 0 Å². The second-order valence-corrected chi connectivity index (χ2v) is 4.11. The molecule has 72 valence electrons. The van der Waals surface area contributed by atoms with Crippen molar-refractivity contribution < 1.29 is 0 Å². The van der Waals surface area contributed by atoms with E-state index in [1.807, 2.05) is 0 Å². The van der Waals surface area contributed by atoms with Gasteiger partial charge in [-0.05, 0) is 36.0 Å². The Bertz CT molecular complexity index is 255. The van der Waals surface area contributed by atoms with Gasteiger partial charge in [0.2, 0.25) is 0 Å². The van der Waals surface area contributed by atoms with Crippen LogP contribution in [0.1, 0.15) is 37.3 Å². The average molecular weight is 194 g/mol. The number of aryl methyl sites for hydroxylation is 1. The van der Waals surface area contributed by atoms with Gasteiger partial charge in [0, 0.05) is 0 Å². The lowest BCUT2D eigenvalue weighted by Crippen LogP contribution is -1.98. The minimum atomic E-state index is 0.702. The molecule has 0 bridgehead atoms. The third-order valence-corrected chi connectivity index (χ3v) is 2.90. The standard InChI is InChI=1S/C12H19P/c1-3-11-6-4-5-7-12(11)10(2)8-9-13/h4-7,10H,3,8-9,13H2,1-2H3. The molecule has 2 unspecified atom stereocenters. The molecule has 0 aliphatic heterocycles. The van der Waals surface area contributed by atoms with Crippen molar-refractivity contribution >= 4 is 9.24 Å². The molecular weight excluding hydrogens is 175 g/mol. The molecule has 1 rings (SSSR count). The summed E-state index contributed by atoms with van der Waals surface area (Å²) in [7, 11) is 2.81. The summed E-state index contributed by atoms with van der Waals surface area (Å²) >= 11 is 0. The smallest absolute Gasteiger partial charge is 0.0184 e. The van der Waals surface area contributed by atoms with Gasteiger partial charge in [-0.3, -0.25) is 0 Å². The fourth-order valence-corrected chi connectivity index (χ4v) is 2.24. The highest BCUT2D eigenvalue weighted by Gasteiger charge is 2.07. The van der Waals surface area contributed by atoms with E-state index in [2.05, 4.69) is 47.4 Å². The van der Waals surface area contributed by atoms with E-state index < -0.39 is 0 Å². The van der Waals surface area contributed by atoms with E-state index in [-0.39, 0.29) is 0 Å². The van der Waals surface area contributed by atoms with Gasteiger partial charge in [0.25, 0.3) is 0 Å². The minimum absolute atomic E-state index is 0.702. The van der Waals surface area contributed by atoms with Crippen LogP contribution in [-0.4, -0.2) is 6.16 Å². The molecule has 0 aliphatic rings. The molecule has 0 aromatic heterocycles. The zero-order chi connectivity index (χ0) is 9.68. The predicted octanol–water partition coefficient (Wildman–Crippen LogP) is 3.62. The van der Waals surface area contributed by atoms with E-state index >= 15 is 0 Å². The fraction of sp³-hybridized carbons (Fsp3) is 0.500. The van der Waals surface area contributed by atoms with Crippen molar-refractivity contribution in [2.75, 3.05) is 6.16 Å². The molecule has 0 heterocycles. The number of benzene rings is 1. The summed E-state index contributed by atoms with van der Waals surface area (Å²) in [5.41, 5.74) is 3.04. The largest absolute Gasteiger partial charge is 0.138 e. The van der Waals surface area contributed by atoms with E-state index in [0.717, 1.165) is 6.42 Å². The maximum absolute atomic E-state index is 2.81. The highest BCUT2D eigenvalue weighted by molar-refractivity contribution is 7.16. The van der Waals surface area contributed by atoms with Gasteiger partial charge in [-0.15, -0.1) is 9.24 Å². The Kier molecular flexibility index (Phi) is 4.45. The maximum atomic E-state index is 2.81. The molecule has 0 nitrogen and oxygen atoms in total. The van der Waals surface area contributed by atoms with Gasteiger partial charge < -0.3 is 0 Å². The van der Waals surface area contributed by atoms with Crippen LogP contribution < -0.4 is 0 Å². The third kappa shape index (κ3) is 2.81. The first-order chi connectivity index (χ1) is 6.29. The normalized spacial score (nSPS) is 12.8. The molecule has 0 spiro atoms. The van der Waals surface area contributed by atoms with Crippen LogP contribution in [0.15, 0.2) is 24.3 Å². The van der Waals surface area contributed by atoms with Crippen molar-refractivity contribution in [2.45, 2.75) is 32.6 Å². The molecule has 0 fully saturated rings. The van der Waals surface area contributed by atoms with E-state index in [9.17, 15) is 0 Å². The SMILES string of the molecule is CCc1ccccc1C(C)CCP. The molecule has 1 aromatic rings. The number of rotatable bonds is 4. The summed E-state index contributed by atoms with van der Waals surface area (Å²) in [6.07, 6.45) is 3.61. The first-order valence-electron chi connectivity index (χ1n) is 5.07. The average Bonchev–Trinajstić information content (AvgIpc) is 2.18. The van der Waals surface area contributed by atoms with Crippen LogP contribution in [0.2, 0.25) is 0 Å². The molecule has 0 N–H and O–H groups in total. The van der Waals surface area contributed by atoms with Crippen molar-refractivity contribution in [1.29, 1.82) is 0 Å². The zero-order valence-electron chi connectivity index (χ0n) is 8.59. The van der Waals surface area contributed by atoms with Crippen LogP contribution in [-0.2, 0) is 6.42 Å². The summed E-state index contributed by atoms with van der Waals surface area (Å²) in [5.74, 6) is 0.702. The Balaban J connectivity index is 2.85. The summed E-state index contributed by atoms with van der Waals surface area (Å²) in [4.78, 5) is 0. The highest BCUT2D eigenvalue weighted by atomic mass is 31.0. The number of hydrogen-bond acceptors (Lipinski definition) is 0. The summed E-state index contributed by atoms with van der Waals surface area (Å²) in [5, 5.41) is 0. The first kappa shape index (κ1) is 10.7. The van der Waals surface area contributed by atoms with Crippen LogP contribution in [0.25, 0.3) is 0 Å². The first-order valence-corrected chi connectivity index (χ1v) is 5.89. The van der Waals surface area contributed by atoms with Crippen LogP contribution in [0, 0.1) is 0 Å². The second kappa shape index (κ2) is 5.40. The van der Waals surface area contributed by atoms with Crippen molar-refractivity contribution in [3.63, 3.8) is 0 Å². The predicted molar refractivity (Wildman–Crippen MR) is 63.4 cm³/mol. The highest BCUT2D eigenvalue weighted by Crippen LogP contribution is 2.23. The van der Waals surface area contributed by atoms with E-state index in [0.29, 0.717) is 5.92 Å². The summed E-state index contributed by atoms with van der Waals surface area (Å²) in [6, 6.07) is 8.79. The fourth-order valence-electron chi connectivity index (χ4n) is 1.74. The maximum Gasteiger partial charge on any atom is -0.0184 e. The Morgan fingerprint density at radius 1 is 1.31 bits per heavy atom. The summed E-state index contributed by atoms with van der Waals surface area (Å²) in [6.45, 7) is 4.55. The monoisotopic (exact) mass is 194 g/mol. The molecule has 2 atom stereocenters. The van der Waals surface area contributed by atoms with Crippen molar-refractivity contribution in [3.05, 3.63) is 35.4 Å². The van der Waals surface area contributed by atoms with Gasteiger partial charge in [-0.25, -0.2) is 0 Å². The molecular formula is C12H19P.